The Hall–Kier alpha value is -1.80. The average Bonchev–Trinajstić information content (AvgIpc) is 2.68. The summed E-state index contributed by atoms with van der Waals surface area (Å²) in [7, 11) is 0. The van der Waals surface area contributed by atoms with Crippen LogP contribution >= 0.6 is 11.6 Å². The van der Waals surface area contributed by atoms with E-state index >= 15 is 0 Å². The molecule has 3 heteroatoms. The van der Waals surface area contributed by atoms with Gasteiger partial charge in [-0.25, -0.2) is 4.98 Å². The van der Waals surface area contributed by atoms with E-state index in [1.54, 1.807) is 0 Å². The molecule has 2 heterocycles. The summed E-state index contributed by atoms with van der Waals surface area (Å²) in [6.07, 6.45) is 2.79. The molecular weight excluding hydrogens is 232 g/mol. The highest BCUT2D eigenvalue weighted by molar-refractivity contribution is 6.30. The molecule has 0 aliphatic carbocycles. The number of rotatable bonds is 2. The van der Waals surface area contributed by atoms with E-state index in [1.165, 1.54) is 5.56 Å². The molecule has 0 radical (unpaired) electrons. The molecule has 0 N–H and O–H groups in total. The number of halogens is 1. The number of fused-ring (bicyclic) bond motifs is 1. The van der Waals surface area contributed by atoms with Crippen molar-refractivity contribution in [3.05, 3.63) is 71.1 Å². The van der Waals surface area contributed by atoms with E-state index in [1.807, 2.05) is 47.0 Å². The topological polar surface area (TPSA) is 17.3 Å². The summed E-state index contributed by atoms with van der Waals surface area (Å²) in [6.45, 7) is 0. The average molecular weight is 243 g/mol. The smallest absolute Gasteiger partial charge is 0.151 e. The van der Waals surface area contributed by atoms with Gasteiger partial charge < -0.3 is 4.40 Å². The molecule has 84 valence electrons. The number of nitrogens with zero attached hydrogens (tertiary/aromatic N) is 2. The van der Waals surface area contributed by atoms with E-state index in [9.17, 15) is 0 Å². The van der Waals surface area contributed by atoms with Crippen molar-refractivity contribution in [1.82, 2.24) is 9.38 Å². The first kappa shape index (κ1) is 10.4. The largest absolute Gasteiger partial charge is 0.302 e. The van der Waals surface area contributed by atoms with Crippen molar-refractivity contribution >= 4 is 17.2 Å². The molecule has 0 spiro atoms. The normalized spacial score (nSPS) is 10.9. The fourth-order valence-corrected chi connectivity index (χ4v) is 2.21. The second-order valence-electron chi connectivity index (χ2n) is 3.94. The van der Waals surface area contributed by atoms with Crippen molar-refractivity contribution in [2.75, 3.05) is 0 Å². The van der Waals surface area contributed by atoms with Crippen molar-refractivity contribution < 1.29 is 0 Å². The van der Waals surface area contributed by atoms with Crippen LogP contribution in [0.3, 0.4) is 0 Å². The SMILES string of the molecule is Clc1nc2ccccn2c1Cc1ccccc1. The molecule has 2 aromatic heterocycles. The molecule has 2 nitrogen and oxygen atoms in total. The molecule has 0 aliphatic heterocycles. The Balaban J connectivity index is 2.08. The fourth-order valence-electron chi connectivity index (χ4n) is 1.97. The van der Waals surface area contributed by atoms with Crippen LogP contribution in [0.15, 0.2) is 54.7 Å². The second kappa shape index (κ2) is 4.22. The summed E-state index contributed by atoms with van der Waals surface area (Å²) in [4.78, 5) is 4.34. The molecule has 3 aromatic rings. The highest BCUT2D eigenvalue weighted by Crippen LogP contribution is 2.20. The first-order chi connectivity index (χ1) is 8.34. The number of benzene rings is 1. The third-order valence-electron chi connectivity index (χ3n) is 2.79. The van der Waals surface area contributed by atoms with Crippen LogP contribution in [0, 0.1) is 0 Å². The van der Waals surface area contributed by atoms with Gasteiger partial charge in [0.1, 0.15) is 5.65 Å². The lowest BCUT2D eigenvalue weighted by molar-refractivity contribution is 1.03. The molecule has 1 aromatic carbocycles. The summed E-state index contributed by atoms with van der Waals surface area (Å²) in [5.74, 6) is 0. The zero-order valence-electron chi connectivity index (χ0n) is 9.18. The number of hydrogen-bond donors (Lipinski definition) is 0. The van der Waals surface area contributed by atoms with Gasteiger partial charge in [-0.2, -0.15) is 0 Å². The number of hydrogen-bond acceptors (Lipinski definition) is 1. The summed E-state index contributed by atoms with van der Waals surface area (Å²) >= 11 is 6.19. The van der Waals surface area contributed by atoms with E-state index in [2.05, 4.69) is 17.1 Å². The maximum absolute atomic E-state index is 6.19. The molecule has 0 bridgehead atoms. The first-order valence-corrected chi connectivity index (χ1v) is 5.88. The van der Waals surface area contributed by atoms with Gasteiger partial charge in [-0.15, -0.1) is 0 Å². The van der Waals surface area contributed by atoms with Gasteiger partial charge in [0.2, 0.25) is 0 Å². The van der Waals surface area contributed by atoms with Gasteiger partial charge in [0.15, 0.2) is 5.15 Å². The predicted molar refractivity (Wildman–Crippen MR) is 69.5 cm³/mol. The van der Waals surface area contributed by atoms with Crippen LogP contribution in [0.2, 0.25) is 5.15 Å². The van der Waals surface area contributed by atoms with Gasteiger partial charge in [0.25, 0.3) is 0 Å². The predicted octanol–water partition coefficient (Wildman–Crippen LogP) is 3.58. The first-order valence-electron chi connectivity index (χ1n) is 5.50. The molecule has 0 unspecified atom stereocenters. The van der Waals surface area contributed by atoms with Crippen molar-refractivity contribution in [3.63, 3.8) is 0 Å². The standard InChI is InChI=1S/C14H11ClN2/c15-14-12(10-11-6-2-1-3-7-11)17-9-5-4-8-13(17)16-14/h1-9H,10H2. The van der Waals surface area contributed by atoms with Gasteiger partial charge in [0, 0.05) is 12.6 Å². The van der Waals surface area contributed by atoms with E-state index < -0.39 is 0 Å². The van der Waals surface area contributed by atoms with Crippen molar-refractivity contribution in [2.45, 2.75) is 6.42 Å². The van der Waals surface area contributed by atoms with Crippen LogP contribution in [0.1, 0.15) is 11.3 Å². The van der Waals surface area contributed by atoms with Gasteiger partial charge in [-0.3, -0.25) is 0 Å². The van der Waals surface area contributed by atoms with E-state index in [-0.39, 0.29) is 0 Å². The molecule has 0 aliphatic rings. The van der Waals surface area contributed by atoms with Gasteiger partial charge >= 0.3 is 0 Å². The van der Waals surface area contributed by atoms with Crippen LogP contribution in [0.5, 0.6) is 0 Å². The van der Waals surface area contributed by atoms with Crippen molar-refractivity contribution in [2.24, 2.45) is 0 Å². The number of imidazole rings is 1. The highest BCUT2D eigenvalue weighted by atomic mass is 35.5. The van der Waals surface area contributed by atoms with Crippen LogP contribution in [0.25, 0.3) is 5.65 Å². The molecule has 0 saturated heterocycles. The zero-order chi connectivity index (χ0) is 11.7. The molecule has 0 amide bonds. The minimum Gasteiger partial charge on any atom is -0.302 e. The molecule has 0 saturated carbocycles. The van der Waals surface area contributed by atoms with Gasteiger partial charge in [-0.1, -0.05) is 48.0 Å². The van der Waals surface area contributed by atoms with E-state index in [0.29, 0.717) is 5.15 Å². The quantitative estimate of drug-likeness (QED) is 0.672. The lowest BCUT2D eigenvalue weighted by Gasteiger charge is -2.02. The lowest BCUT2D eigenvalue weighted by atomic mass is 10.1. The summed E-state index contributed by atoms with van der Waals surface area (Å²) in [5, 5.41) is 0.583. The molecule has 17 heavy (non-hydrogen) atoms. The second-order valence-corrected chi connectivity index (χ2v) is 4.30. The maximum Gasteiger partial charge on any atom is 0.151 e. The van der Waals surface area contributed by atoms with Gasteiger partial charge in [-0.05, 0) is 17.7 Å². The number of aromatic nitrogens is 2. The Kier molecular flexibility index (Phi) is 2.57. The third kappa shape index (κ3) is 1.92. The number of pyridine rings is 1. The fraction of sp³-hybridized carbons (Fsp3) is 0.0714. The highest BCUT2D eigenvalue weighted by Gasteiger charge is 2.09. The van der Waals surface area contributed by atoms with Crippen LogP contribution in [0.4, 0.5) is 0 Å². The molecule has 0 fully saturated rings. The molecule has 0 atom stereocenters. The van der Waals surface area contributed by atoms with Crippen LogP contribution < -0.4 is 0 Å². The van der Waals surface area contributed by atoms with E-state index in [4.69, 9.17) is 11.6 Å². The monoisotopic (exact) mass is 242 g/mol. The molecule has 3 rings (SSSR count). The Morgan fingerprint density at radius 2 is 1.76 bits per heavy atom. The minimum atomic E-state index is 0.583. The van der Waals surface area contributed by atoms with E-state index in [0.717, 1.165) is 17.8 Å². The summed E-state index contributed by atoms with van der Waals surface area (Å²) in [6, 6.07) is 16.2. The zero-order valence-corrected chi connectivity index (χ0v) is 9.93. The van der Waals surface area contributed by atoms with Gasteiger partial charge in [0.05, 0.1) is 5.69 Å². The Morgan fingerprint density at radius 1 is 1.00 bits per heavy atom. The Morgan fingerprint density at radius 3 is 2.59 bits per heavy atom. The summed E-state index contributed by atoms with van der Waals surface area (Å²) < 4.78 is 2.04. The Labute approximate surface area is 104 Å². The van der Waals surface area contributed by atoms with Crippen molar-refractivity contribution in [3.8, 4) is 0 Å². The maximum atomic E-state index is 6.19. The van der Waals surface area contributed by atoms with Crippen LogP contribution in [-0.4, -0.2) is 9.38 Å². The third-order valence-corrected chi connectivity index (χ3v) is 3.10. The minimum absolute atomic E-state index is 0.583. The molecular formula is C14H11ClN2. The Bertz CT molecular complexity index is 644. The van der Waals surface area contributed by atoms with Crippen molar-refractivity contribution in [1.29, 1.82) is 0 Å². The summed E-state index contributed by atoms with van der Waals surface area (Å²) in [5.41, 5.74) is 3.16. The lowest BCUT2D eigenvalue weighted by Crippen LogP contribution is -1.94. The van der Waals surface area contributed by atoms with Crippen LogP contribution in [-0.2, 0) is 6.42 Å².